The van der Waals surface area contributed by atoms with Gasteiger partial charge in [-0.25, -0.2) is 8.42 Å². The van der Waals surface area contributed by atoms with Gasteiger partial charge in [-0.3, -0.25) is 13.9 Å². The Hall–Kier alpha value is -2.50. The van der Waals surface area contributed by atoms with Crippen LogP contribution in [0.5, 0.6) is 0 Å². The number of anilines is 1. The Kier molecular flexibility index (Phi) is 12.1. The molecule has 7 nitrogen and oxygen atoms in total. The van der Waals surface area contributed by atoms with Gasteiger partial charge in [-0.2, -0.15) is 13.2 Å². The van der Waals surface area contributed by atoms with Gasteiger partial charge < -0.3 is 10.2 Å². The lowest BCUT2D eigenvalue weighted by atomic mass is 10.1. The van der Waals surface area contributed by atoms with Crippen LogP contribution >= 0.6 is 23.2 Å². The molecule has 0 aliphatic rings. The van der Waals surface area contributed by atoms with Gasteiger partial charge in [0, 0.05) is 26.1 Å². The van der Waals surface area contributed by atoms with Crippen LogP contribution in [0.1, 0.15) is 51.2 Å². The number of carbonyl (C=O) groups excluding carboxylic acids is 2. The van der Waals surface area contributed by atoms with E-state index in [0.29, 0.717) is 23.6 Å². The maximum atomic E-state index is 13.5. The summed E-state index contributed by atoms with van der Waals surface area (Å²) in [5.74, 6) is -0.556. The third-order valence-corrected chi connectivity index (χ3v) is 7.95. The number of alkyl halides is 3. The van der Waals surface area contributed by atoms with Gasteiger partial charge in [0.25, 0.3) is 0 Å². The van der Waals surface area contributed by atoms with E-state index in [4.69, 9.17) is 23.2 Å². The van der Waals surface area contributed by atoms with E-state index in [9.17, 15) is 31.2 Å². The van der Waals surface area contributed by atoms with E-state index in [1.807, 2.05) is 13.8 Å². The minimum atomic E-state index is -4.65. The molecule has 2 amide bonds. The average molecular weight is 625 g/mol. The molecule has 0 spiro atoms. The van der Waals surface area contributed by atoms with E-state index in [1.165, 1.54) is 11.0 Å². The van der Waals surface area contributed by atoms with Crippen LogP contribution < -0.4 is 9.62 Å². The zero-order valence-corrected chi connectivity index (χ0v) is 25.1. The standard InChI is InChI=1S/C27H34Cl2F3N3O4S/c1-5-24(26(37)33-16-18(2)3)34(17-19-11-12-22(28)23(29)14-19)25(36)10-7-13-35(40(4,38)39)21-9-6-8-20(15-21)27(30,31)32/h6,8-9,11-12,14-15,18,24H,5,7,10,13,16-17H2,1-4H3,(H,33,37)/t24-/m1/s1. The Morgan fingerprint density at radius 1 is 1.05 bits per heavy atom. The van der Waals surface area contributed by atoms with E-state index >= 15 is 0 Å². The van der Waals surface area contributed by atoms with E-state index in [2.05, 4.69) is 5.32 Å². The lowest BCUT2D eigenvalue weighted by Crippen LogP contribution is -2.49. The van der Waals surface area contributed by atoms with Crippen LogP contribution in [0.25, 0.3) is 0 Å². The molecule has 0 aromatic heterocycles. The van der Waals surface area contributed by atoms with Crippen LogP contribution in [-0.4, -0.2) is 50.5 Å². The average Bonchev–Trinajstić information content (AvgIpc) is 2.86. The summed E-state index contributed by atoms with van der Waals surface area (Å²) < 4.78 is 65.4. The van der Waals surface area contributed by atoms with Gasteiger partial charge in [0.05, 0.1) is 27.6 Å². The lowest BCUT2D eigenvalue weighted by molar-refractivity contribution is -0.141. The highest BCUT2D eigenvalue weighted by Gasteiger charge is 2.32. The van der Waals surface area contributed by atoms with Crippen molar-refractivity contribution < 1.29 is 31.2 Å². The van der Waals surface area contributed by atoms with Crippen molar-refractivity contribution in [2.75, 3.05) is 23.7 Å². The van der Waals surface area contributed by atoms with Gasteiger partial charge in [-0.1, -0.05) is 56.1 Å². The number of nitrogens with zero attached hydrogens (tertiary/aromatic N) is 2. The molecule has 0 radical (unpaired) electrons. The molecule has 2 rings (SSSR count). The van der Waals surface area contributed by atoms with Crippen LogP contribution in [0.2, 0.25) is 10.0 Å². The highest BCUT2D eigenvalue weighted by molar-refractivity contribution is 7.92. The zero-order chi connectivity index (χ0) is 30.3. The molecule has 40 heavy (non-hydrogen) atoms. The van der Waals surface area contributed by atoms with Crippen LogP contribution in [0.3, 0.4) is 0 Å². The third-order valence-electron chi connectivity index (χ3n) is 6.02. The summed E-state index contributed by atoms with van der Waals surface area (Å²) in [5, 5.41) is 3.47. The third kappa shape index (κ3) is 9.85. The molecule has 2 aromatic rings. The second-order valence-corrected chi connectivity index (χ2v) is 12.5. The van der Waals surface area contributed by atoms with E-state index in [0.717, 1.165) is 28.8 Å². The minimum absolute atomic E-state index is 0.00404. The number of halogens is 5. The predicted octanol–water partition coefficient (Wildman–Crippen LogP) is 6.14. The number of hydrogen-bond acceptors (Lipinski definition) is 4. The molecule has 1 N–H and O–H groups in total. The Bertz CT molecular complexity index is 1290. The fraction of sp³-hybridized carbons (Fsp3) is 0.481. The number of carbonyl (C=O) groups is 2. The van der Waals surface area contributed by atoms with E-state index < -0.39 is 33.7 Å². The Morgan fingerprint density at radius 3 is 2.27 bits per heavy atom. The molecule has 222 valence electrons. The fourth-order valence-corrected chi connectivity index (χ4v) is 5.30. The van der Waals surface area contributed by atoms with Crippen LogP contribution in [0.4, 0.5) is 18.9 Å². The predicted molar refractivity (Wildman–Crippen MR) is 152 cm³/mol. The van der Waals surface area contributed by atoms with Gasteiger partial charge in [0.2, 0.25) is 21.8 Å². The fourth-order valence-electron chi connectivity index (χ4n) is 4.02. The number of amides is 2. The SMILES string of the molecule is CC[C@H](C(=O)NCC(C)C)N(Cc1ccc(Cl)c(Cl)c1)C(=O)CCCN(c1cccc(C(F)(F)F)c1)S(C)(=O)=O. The molecule has 0 aliphatic carbocycles. The first kappa shape index (κ1) is 33.7. The van der Waals surface area contributed by atoms with Crippen molar-refractivity contribution in [2.45, 2.75) is 58.8 Å². The highest BCUT2D eigenvalue weighted by Crippen LogP contribution is 2.32. The molecule has 0 heterocycles. The summed E-state index contributed by atoms with van der Waals surface area (Å²) in [5.41, 5.74) is -0.503. The number of rotatable bonds is 13. The normalized spacial score (nSPS) is 12.8. The van der Waals surface area contributed by atoms with Crippen LogP contribution in [-0.2, 0) is 32.3 Å². The van der Waals surface area contributed by atoms with Crippen molar-refractivity contribution in [3.8, 4) is 0 Å². The first-order valence-corrected chi connectivity index (χ1v) is 15.3. The van der Waals surface area contributed by atoms with Crippen molar-refractivity contribution in [3.63, 3.8) is 0 Å². The zero-order valence-electron chi connectivity index (χ0n) is 22.8. The summed E-state index contributed by atoms with van der Waals surface area (Å²) in [6, 6.07) is 8.06. The van der Waals surface area contributed by atoms with Gasteiger partial charge in [0.15, 0.2) is 0 Å². The molecular weight excluding hydrogens is 590 g/mol. The van der Waals surface area contributed by atoms with Crippen LogP contribution in [0.15, 0.2) is 42.5 Å². The Morgan fingerprint density at radius 2 is 1.73 bits per heavy atom. The molecule has 2 aromatic carbocycles. The summed E-state index contributed by atoms with van der Waals surface area (Å²) in [6.07, 6.45) is -3.59. The lowest BCUT2D eigenvalue weighted by Gasteiger charge is -2.31. The van der Waals surface area contributed by atoms with Crippen molar-refractivity contribution >= 4 is 50.7 Å². The van der Waals surface area contributed by atoms with E-state index in [1.54, 1.807) is 25.1 Å². The molecule has 0 saturated heterocycles. The molecule has 0 unspecified atom stereocenters. The maximum absolute atomic E-state index is 13.5. The smallest absolute Gasteiger partial charge is 0.354 e. The minimum Gasteiger partial charge on any atom is -0.354 e. The number of nitrogens with one attached hydrogen (secondary N) is 1. The molecular formula is C27H34Cl2F3N3O4S. The molecule has 0 fully saturated rings. The van der Waals surface area contributed by atoms with Crippen molar-refractivity contribution in [1.82, 2.24) is 10.2 Å². The van der Waals surface area contributed by atoms with Gasteiger partial charge in [-0.05, 0) is 54.7 Å². The first-order chi connectivity index (χ1) is 18.5. The summed E-state index contributed by atoms with van der Waals surface area (Å²) in [4.78, 5) is 27.9. The monoisotopic (exact) mass is 623 g/mol. The number of sulfonamides is 1. The molecule has 0 bridgehead atoms. The number of benzene rings is 2. The maximum Gasteiger partial charge on any atom is 0.416 e. The van der Waals surface area contributed by atoms with Crippen molar-refractivity contribution in [1.29, 1.82) is 0 Å². The topological polar surface area (TPSA) is 86.8 Å². The molecule has 0 saturated carbocycles. The quantitative estimate of drug-likeness (QED) is 0.290. The van der Waals surface area contributed by atoms with Crippen molar-refractivity contribution in [3.05, 3.63) is 63.6 Å². The van der Waals surface area contributed by atoms with Crippen LogP contribution in [0, 0.1) is 5.92 Å². The van der Waals surface area contributed by atoms with Gasteiger partial charge in [-0.15, -0.1) is 0 Å². The van der Waals surface area contributed by atoms with Crippen molar-refractivity contribution in [2.24, 2.45) is 5.92 Å². The second kappa shape index (κ2) is 14.4. The largest absolute Gasteiger partial charge is 0.416 e. The van der Waals surface area contributed by atoms with E-state index in [-0.39, 0.29) is 48.5 Å². The summed E-state index contributed by atoms with van der Waals surface area (Å²) in [7, 11) is -3.96. The molecule has 13 heteroatoms. The molecule has 0 aliphatic heterocycles. The molecule has 1 atom stereocenters. The van der Waals surface area contributed by atoms with Gasteiger partial charge in [0.1, 0.15) is 6.04 Å². The number of hydrogen-bond donors (Lipinski definition) is 1. The highest BCUT2D eigenvalue weighted by atomic mass is 35.5. The Balaban J connectivity index is 2.28. The summed E-state index contributed by atoms with van der Waals surface area (Å²) in [6.45, 7) is 5.89. The summed E-state index contributed by atoms with van der Waals surface area (Å²) >= 11 is 12.2. The first-order valence-electron chi connectivity index (χ1n) is 12.7. The van der Waals surface area contributed by atoms with Gasteiger partial charge >= 0.3 is 6.18 Å². The second-order valence-electron chi connectivity index (χ2n) is 9.82. The Labute approximate surface area is 243 Å².